The van der Waals surface area contributed by atoms with E-state index in [0.717, 1.165) is 27.3 Å². The molecule has 0 saturated carbocycles. The van der Waals surface area contributed by atoms with Gasteiger partial charge in [-0.25, -0.2) is 17.6 Å². The second-order valence-electron chi connectivity index (χ2n) is 14.0. The first kappa shape index (κ1) is 40.7. The van der Waals surface area contributed by atoms with Crippen LogP contribution < -0.4 is 21.2 Å². The summed E-state index contributed by atoms with van der Waals surface area (Å²) < 4.78 is 85.5. The Balaban J connectivity index is 1.23. The van der Waals surface area contributed by atoms with Gasteiger partial charge in [-0.1, -0.05) is 91.0 Å². The summed E-state index contributed by atoms with van der Waals surface area (Å²) in [5.41, 5.74) is 1.66. The van der Waals surface area contributed by atoms with E-state index < -0.39 is 63.5 Å². The molecule has 59 heavy (non-hydrogen) atoms. The van der Waals surface area contributed by atoms with Crippen molar-refractivity contribution < 1.29 is 36.1 Å². The van der Waals surface area contributed by atoms with Crippen molar-refractivity contribution in [3.8, 4) is 0 Å². The lowest BCUT2D eigenvalue weighted by molar-refractivity contribution is -0.149. The molecule has 4 nitrogen and oxygen atoms in total. The Morgan fingerprint density at radius 1 is 0.458 bits per heavy atom. The Morgan fingerprint density at radius 2 is 0.797 bits per heavy atom. The predicted molar refractivity (Wildman–Crippen MR) is 227 cm³/mol. The summed E-state index contributed by atoms with van der Waals surface area (Å²) in [7, 11) is -3.33. The number of benzene rings is 7. The van der Waals surface area contributed by atoms with Gasteiger partial charge in [0.1, 0.15) is 41.1 Å². The summed E-state index contributed by atoms with van der Waals surface area (Å²) in [6.45, 7) is 0.346. The van der Waals surface area contributed by atoms with Crippen molar-refractivity contribution in [2.45, 2.75) is 30.3 Å². The molecule has 0 bridgehead atoms. The van der Waals surface area contributed by atoms with Crippen molar-refractivity contribution in [3.05, 3.63) is 228 Å². The molecule has 0 unspecified atom stereocenters. The van der Waals surface area contributed by atoms with E-state index in [1.807, 2.05) is 91.0 Å². The van der Waals surface area contributed by atoms with Crippen LogP contribution in [0.4, 0.5) is 17.6 Å². The summed E-state index contributed by atoms with van der Waals surface area (Å²) in [6, 6.07) is 54.5. The van der Waals surface area contributed by atoms with E-state index in [-0.39, 0.29) is 6.61 Å². The van der Waals surface area contributed by atoms with Gasteiger partial charge in [0.25, 0.3) is 0 Å². The molecular weight excluding hydrogens is 790 g/mol. The molecule has 0 aromatic heterocycles. The maximum Gasteiger partial charge on any atom is 0.143 e. The Kier molecular flexibility index (Phi) is 13.1. The minimum atomic E-state index is -1.71. The largest absolute Gasteiger partial charge is 0.373 e. The van der Waals surface area contributed by atoms with Crippen LogP contribution in [0, 0.1) is 23.3 Å². The maximum absolute atomic E-state index is 14.4. The van der Waals surface area contributed by atoms with Gasteiger partial charge in [-0.3, -0.25) is 0 Å². The van der Waals surface area contributed by atoms with Gasteiger partial charge in [0, 0.05) is 27.8 Å². The molecule has 7 aromatic rings. The molecule has 1 saturated heterocycles. The highest BCUT2D eigenvalue weighted by atomic mass is 31.1. The van der Waals surface area contributed by atoms with Crippen molar-refractivity contribution in [3.63, 3.8) is 0 Å². The normalized spacial score (nSPS) is 17.0. The van der Waals surface area contributed by atoms with Crippen LogP contribution in [-0.2, 0) is 24.1 Å². The van der Waals surface area contributed by atoms with E-state index in [2.05, 4.69) is 0 Å². The summed E-state index contributed by atoms with van der Waals surface area (Å²) in [6.07, 6.45) is -1.71. The maximum atomic E-state index is 14.4. The van der Waals surface area contributed by atoms with Crippen LogP contribution in [0.1, 0.15) is 23.1 Å². The van der Waals surface area contributed by atoms with Gasteiger partial charge in [0.15, 0.2) is 0 Å². The monoisotopic (exact) mass is 830 g/mol. The van der Waals surface area contributed by atoms with Crippen molar-refractivity contribution in [1.82, 2.24) is 0 Å². The van der Waals surface area contributed by atoms with E-state index in [1.54, 1.807) is 48.5 Å². The molecule has 7 aromatic carbocycles. The molecule has 0 N–H and O–H groups in total. The van der Waals surface area contributed by atoms with E-state index in [1.165, 1.54) is 48.5 Å². The Morgan fingerprint density at radius 3 is 1.15 bits per heavy atom. The molecular formula is C49H40F4O4P2. The molecule has 10 heteroatoms. The molecule has 8 rings (SSSR count). The van der Waals surface area contributed by atoms with Crippen LogP contribution in [0.3, 0.4) is 0 Å². The molecule has 1 heterocycles. The molecule has 0 radical (unpaired) electrons. The molecule has 0 amide bonds. The lowest BCUT2D eigenvalue weighted by Crippen LogP contribution is -2.50. The second-order valence-corrected chi connectivity index (χ2v) is 17.7. The van der Waals surface area contributed by atoms with E-state index >= 15 is 0 Å². The van der Waals surface area contributed by atoms with Crippen LogP contribution >= 0.6 is 16.3 Å². The Labute approximate surface area is 344 Å². The molecule has 0 spiro atoms. The average molecular weight is 831 g/mol. The zero-order valence-electron chi connectivity index (χ0n) is 31.8. The van der Waals surface area contributed by atoms with Crippen LogP contribution in [0.5, 0.6) is 0 Å². The van der Waals surface area contributed by atoms with Crippen molar-refractivity contribution in [2.24, 2.45) is 0 Å². The first-order valence-electron chi connectivity index (χ1n) is 19.3. The fraction of sp³-hybridized carbons (Fsp3) is 0.143. The highest BCUT2D eigenvalue weighted by Gasteiger charge is 2.44. The van der Waals surface area contributed by atoms with Gasteiger partial charge in [-0.05, 0) is 120 Å². The summed E-state index contributed by atoms with van der Waals surface area (Å²) in [5.74, 6) is -1.59. The van der Waals surface area contributed by atoms with Crippen LogP contribution in [0.25, 0.3) is 0 Å². The van der Waals surface area contributed by atoms with Gasteiger partial charge in [0.2, 0.25) is 0 Å². The first-order chi connectivity index (χ1) is 28.9. The smallest absolute Gasteiger partial charge is 0.143 e. The first-order valence-corrected chi connectivity index (χ1v) is 21.8. The SMILES string of the molecule is Fc1ccc(P(O[C@@H]2[C@@H](COC(c3ccccc3)(c3ccccc3)c3ccccc3)OCC[C@H]2OP(c2ccc(F)cc2)c2ccc(F)cc2)c2ccc(F)cc2)cc1. The molecule has 1 fully saturated rings. The standard InChI is InChI=1S/C49H40F4O4P2/c50-38-16-24-42(25-17-38)58(43-26-18-39(51)19-27-43)56-46-32-33-54-47(48(46)57-59(44-28-20-40(52)21-29-44)45-30-22-41(53)23-31-45)34-55-49(35-10-4-1-5-11-35,36-12-6-2-7-13-36)37-14-8-3-9-15-37/h1-31,46-48H,32-34H2/t46-,47-,48+/m1/s1. The van der Waals surface area contributed by atoms with Gasteiger partial charge < -0.3 is 18.5 Å². The summed E-state index contributed by atoms with van der Waals surface area (Å²) in [4.78, 5) is 0. The summed E-state index contributed by atoms with van der Waals surface area (Å²) >= 11 is 0. The van der Waals surface area contributed by atoms with Crippen molar-refractivity contribution in [2.75, 3.05) is 13.2 Å². The van der Waals surface area contributed by atoms with E-state index in [0.29, 0.717) is 23.6 Å². The third-order valence-electron chi connectivity index (χ3n) is 10.2. The predicted octanol–water partition coefficient (Wildman–Crippen LogP) is 10.2. The van der Waals surface area contributed by atoms with Crippen LogP contribution in [-0.4, -0.2) is 31.5 Å². The summed E-state index contributed by atoms with van der Waals surface area (Å²) in [5, 5.41) is 2.84. The van der Waals surface area contributed by atoms with Crippen molar-refractivity contribution in [1.29, 1.82) is 0 Å². The fourth-order valence-electron chi connectivity index (χ4n) is 7.31. The van der Waals surface area contributed by atoms with Crippen LogP contribution in [0.15, 0.2) is 188 Å². The highest BCUT2D eigenvalue weighted by Crippen LogP contribution is 2.46. The number of rotatable bonds is 14. The highest BCUT2D eigenvalue weighted by molar-refractivity contribution is 7.69. The topological polar surface area (TPSA) is 36.9 Å². The molecule has 1 aliphatic rings. The lowest BCUT2D eigenvalue weighted by Gasteiger charge is -2.43. The lowest BCUT2D eigenvalue weighted by atomic mass is 9.80. The van der Waals surface area contributed by atoms with E-state index in [9.17, 15) is 17.6 Å². The molecule has 298 valence electrons. The number of hydrogen-bond donors (Lipinski definition) is 0. The zero-order chi connectivity index (χ0) is 40.6. The zero-order valence-corrected chi connectivity index (χ0v) is 33.6. The second kappa shape index (κ2) is 18.9. The quantitative estimate of drug-likeness (QED) is 0.0622. The molecule has 1 aliphatic heterocycles. The van der Waals surface area contributed by atoms with E-state index in [4.69, 9.17) is 18.5 Å². The number of halogens is 4. The Bertz CT molecular complexity index is 2190. The number of hydrogen-bond acceptors (Lipinski definition) is 4. The van der Waals surface area contributed by atoms with Crippen LogP contribution in [0.2, 0.25) is 0 Å². The van der Waals surface area contributed by atoms with Gasteiger partial charge in [0.05, 0.1) is 29.0 Å². The van der Waals surface area contributed by atoms with Gasteiger partial charge in [-0.2, -0.15) is 0 Å². The van der Waals surface area contributed by atoms with Crippen molar-refractivity contribution >= 4 is 37.5 Å². The number of ether oxygens (including phenoxy) is 2. The minimum Gasteiger partial charge on any atom is -0.373 e. The average Bonchev–Trinajstić information content (AvgIpc) is 3.28. The minimum absolute atomic E-state index is 0.0459. The van der Waals surface area contributed by atoms with Gasteiger partial charge >= 0.3 is 0 Å². The van der Waals surface area contributed by atoms with Gasteiger partial charge in [-0.15, -0.1) is 0 Å². The fourth-order valence-corrected chi connectivity index (χ4v) is 11.1. The third-order valence-corrected chi connectivity index (χ3v) is 14.2. The molecule has 0 aliphatic carbocycles. The molecule has 3 atom stereocenters. The Hall–Kier alpha value is -5.04. The third kappa shape index (κ3) is 9.40.